The van der Waals surface area contributed by atoms with Crippen molar-refractivity contribution in [2.24, 2.45) is 0 Å². The highest BCUT2D eigenvalue weighted by Crippen LogP contribution is 2.28. The van der Waals surface area contributed by atoms with Crippen LogP contribution in [0.4, 0.5) is 0 Å². The van der Waals surface area contributed by atoms with Gasteiger partial charge in [-0.15, -0.1) is 0 Å². The Kier molecular flexibility index (Phi) is 3.35. The van der Waals surface area contributed by atoms with Crippen LogP contribution >= 0.6 is 11.6 Å². The van der Waals surface area contributed by atoms with Gasteiger partial charge in [0.05, 0.1) is 12.2 Å². The molecular weight excluding hydrogens is 246 g/mol. The van der Waals surface area contributed by atoms with Crippen molar-refractivity contribution in [3.05, 3.63) is 41.7 Å². The zero-order valence-electron chi connectivity index (χ0n) is 10.1. The molecular formula is C14H15ClN3. The van der Waals surface area contributed by atoms with E-state index in [1.165, 1.54) is 0 Å². The molecule has 18 heavy (non-hydrogen) atoms. The summed E-state index contributed by atoms with van der Waals surface area (Å²) in [5.74, 6) is 0. The predicted molar refractivity (Wildman–Crippen MR) is 72.8 cm³/mol. The lowest BCUT2D eigenvalue weighted by Crippen LogP contribution is -2.24. The lowest BCUT2D eigenvalue weighted by molar-refractivity contribution is 0.339. The van der Waals surface area contributed by atoms with Crippen LogP contribution in [0.2, 0.25) is 5.02 Å². The summed E-state index contributed by atoms with van der Waals surface area (Å²) >= 11 is 6.20. The highest BCUT2D eigenvalue weighted by atomic mass is 35.5. The van der Waals surface area contributed by atoms with Gasteiger partial charge in [0.25, 0.3) is 0 Å². The fraction of sp³-hybridized carbons (Fsp3) is 0.357. The molecule has 0 unspecified atom stereocenters. The number of piperidine rings is 1. The van der Waals surface area contributed by atoms with Gasteiger partial charge in [0.15, 0.2) is 0 Å². The van der Waals surface area contributed by atoms with Gasteiger partial charge in [-0.2, -0.15) is 5.10 Å². The molecule has 1 aromatic carbocycles. The third kappa shape index (κ3) is 2.28. The Labute approximate surface area is 112 Å². The lowest BCUT2D eigenvalue weighted by Gasteiger charge is -2.21. The average molecular weight is 261 g/mol. The second-order valence-electron chi connectivity index (χ2n) is 4.59. The monoisotopic (exact) mass is 260 g/mol. The maximum Gasteiger partial charge on any atom is 0.0568 e. The van der Waals surface area contributed by atoms with Crippen molar-refractivity contribution in [3.63, 3.8) is 0 Å². The first kappa shape index (κ1) is 11.8. The molecule has 0 spiro atoms. The quantitative estimate of drug-likeness (QED) is 0.816. The van der Waals surface area contributed by atoms with Crippen LogP contribution in [-0.4, -0.2) is 22.9 Å². The number of benzene rings is 1. The number of hydrogen-bond acceptors (Lipinski definition) is 1. The molecule has 0 bridgehead atoms. The van der Waals surface area contributed by atoms with Gasteiger partial charge in [-0.1, -0.05) is 29.8 Å². The predicted octanol–water partition coefficient (Wildman–Crippen LogP) is 3.14. The summed E-state index contributed by atoms with van der Waals surface area (Å²) in [7, 11) is 0. The summed E-state index contributed by atoms with van der Waals surface area (Å²) in [6.07, 6.45) is 6.16. The van der Waals surface area contributed by atoms with Crippen LogP contribution in [0.15, 0.2) is 36.7 Å². The Bertz CT molecular complexity index is 529. The van der Waals surface area contributed by atoms with Gasteiger partial charge in [0.2, 0.25) is 0 Å². The van der Waals surface area contributed by atoms with Crippen molar-refractivity contribution in [3.8, 4) is 11.1 Å². The molecule has 2 heterocycles. The summed E-state index contributed by atoms with van der Waals surface area (Å²) in [5.41, 5.74) is 2.13. The smallest absolute Gasteiger partial charge is 0.0568 e. The van der Waals surface area contributed by atoms with Gasteiger partial charge in [-0.05, 0) is 18.9 Å². The third-order valence-electron chi connectivity index (χ3n) is 3.40. The average Bonchev–Trinajstić information content (AvgIpc) is 2.90. The summed E-state index contributed by atoms with van der Waals surface area (Å²) < 4.78 is 2.06. The third-order valence-corrected chi connectivity index (χ3v) is 3.73. The second kappa shape index (κ2) is 5.12. The fourth-order valence-electron chi connectivity index (χ4n) is 2.37. The zero-order chi connectivity index (χ0) is 12.4. The Balaban J connectivity index is 1.87. The van der Waals surface area contributed by atoms with Crippen molar-refractivity contribution in [1.82, 2.24) is 15.1 Å². The Hall–Kier alpha value is -1.32. The van der Waals surface area contributed by atoms with E-state index < -0.39 is 0 Å². The Morgan fingerprint density at radius 1 is 1.17 bits per heavy atom. The zero-order valence-corrected chi connectivity index (χ0v) is 10.8. The van der Waals surface area contributed by atoms with Crippen molar-refractivity contribution in [2.45, 2.75) is 18.9 Å². The van der Waals surface area contributed by atoms with Crippen molar-refractivity contribution >= 4 is 11.6 Å². The van der Waals surface area contributed by atoms with Crippen LogP contribution in [0.25, 0.3) is 11.1 Å². The van der Waals surface area contributed by atoms with Crippen LogP contribution < -0.4 is 5.32 Å². The van der Waals surface area contributed by atoms with E-state index in [0.29, 0.717) is 6.04 Å². The summed E-state index contributed by atoms with van der Waals surface area (Å²) in [4.78, 5) is 0. The van der Waals surface area contributed by atoms with E-state index in [0.717, 1.165) is 42.1 Å². The van der Waals surface area contributed by atoms with Crippen LogP contribution in [-0.2, 0) is 0 Å². The molecule has 1 aromatic heterocycles. The molecule has 0 N–H and O–H groups in total. The van der Waals surface area contributed by atoms with E-state index in [-0.39, 0.29) is 0 Å². The minimum atomic E-state index is 0.485. The summed E-state index contributed by atoms with van der Waals surface area (Å²) in [6, 6.07) is 8.36. The number of aromatic nitrogens is 2. The first-order valence-electron chi connectivity index (χ1n) is 6.27. The molecule has 1 aliphatic heterocycles. The maximum absolute atomic E-state index is 6.20. The number of halogens is 1. The first-order valence-corrected chi connectivity index (χ1v) is 6.65. The number of nitrogens with zero attached hydrogens (tertiary/aromatic N) is 3. The normalized spacial score (nSPS) is 16.9. The lowest BCUT2D eigenvalue weighted by atomic mass is 10.1. The topological polar surface area (TPSA) is 31.9 Å². The van der Waals surface area contributed by atoms with Crippen LogP contribution in [0.1, 0.15) is 18.9 Å². The molecule has 0 amide bonds. The van der Waals surface area contributed by atoms with Crippen LogP contribution in [0.3, 0.4) is 0 Å². The van der Waals surface area contributed by atoms with Gasteiger partial charge < -0.3 is 0 Å². The molecule has 1 aliphatic rings. The largest absolute Gasteiger partial charge is 0.269 e. The van der Waals surface area contributed by atoms with Crippen molar-refractivity contribution < 1.29 is 0 Å². The molecule has 2 aromatic rings. The summed E-state index contributed by atoms with van der Waals surface area (Å²) in [5, 5.41) is 9.62. The van der Waals surface area contributed by atoms with Crippen LogP contribution in [0.5, 0.6) is 0 Å². The van der Waals surface area contributed by atoms with Gasteiger partial charge >= 0.3 is 0 Å². The first-order chi connectivity index (χ1) is 8.84. The second-order valence-corrected chi connectivity index (χ2v) is 5.00. The van der Waals surface area contributed by atoms with Gasteiger partial charge in [-0.3, -0.25) is 4.68 Å². The summed E-state index contributed by atoms with van der Waals surface area (Å²) in [6.45, 7) is 1.90. The number of hydrogen-bond donors (Lipinski definition) is 0. The van der Waals surface area contributed by atoms with Crippen molar-refractivity contribution in [1.29, 1.82) is 0 Å². The molecule has 1 radical (unpaired) electrons. The number of rotatable bonds is 2. The molecule has 93 valence electrons. The SMILES string of the molecule is Clc1ccccc1-c1cnn(C2CC[N]CC2)c1. The fourth-order valence-corrected chi connectivity index (χ4v) is 2.62. The Morgan fingerprint density at radius 2 is 1.94 bits per heavy atom. The van der Waals surface area contributed by atoms with Gasteiger partial charge in [0, 0.05) is 35.4 Å². The molecule has 0 atom stereocenters. The van der Waals surface area contributed by atoms with E-state index in [1.54, 1.807) is 0 Å². The molecule has 1 saturated heterocycles. The van der Waals surface area contributed by atoms with Gasteiger partial charge in [-0.25, -0.2) is 5.32 Å². The van der Waals surface area contributed by atoms with E-state index in [4.69, 9.17) is 11.6 Å². The standard InChI is InChI=1S/C14H15ClN3/c15-14-4-2-1-3-13(14)11-9-17-18(10-11)12-5-7-16-8-6-12/h1-4,9-10,12H,5-8H2. The van der Waals surface area contributed by atoms with E-state index in [1.807, 2.05) is 30.5 Å². The molecule has 0 saturated carbocycles. The molecule has 4 heteroatoms. The molecule has 0 aliphatic carbocycles. The Morgan fingerprint density at radius 3 is 2.72 bits per heavy atom. The molecule has 3 rings (SSSR count). The van der Waals surface area contributed by atoms with E-state index in [9.17, 15) is 0 Å². The van der Waals surface area contributed by atoms with Crippen molar-refractivity contribution in [2.75, 3.05) is 13.1 Å². The van der Waals surface area contributed by atoms with Gasteiger partial charge in [0.1, 0.15) is 0 Å². The van der Waals surface area contributed by atoms with E-state index >= 15 is 0 Å². The minimum Gasteiger partial charge on any atom is -0.269 e. The highest BCUT2D eigenvalue weighted by Gasteiger charge is 2.16. The molecule has 3 nitrogen and oxygen atoms in total. The maximum atomic E-state index is 6.20. The molecule has 1 fully saturated rings. The van der Waals surface area contributed by atoms with Crippen LogP contribution in [0, 0.1) is 0 Å². The minimum absolute atomic E-state index is 0.485. The van der Waals surface area contributed by atoms with E-state index in [2.05, 4.69) is 21.3 Å². The highest BCUT2D eigenvalue weighted by molar-refractivity contribution is 6.33.